The first-order chi connectivity index (χ1) is 9.97. The summed E-state index contributed by atoms with van der Waals surface area (Å²) < 4.78 is 0. The third kappa shape index (κ3) is 4.34. The van der Waals surface area contributed by atoms with Gasteiger partial charge in [-0.05, 0) is 37.8 Å². The molecule has 1 unspecified atom stereocenters. The highest BCUT2D eigenvalue weighted by atomic mass is 35.5. The fourth-order valence-electron chi connectivity index (χ4n) is 2.50. The van der Waals surface area contributed by atoms with E-state index in [0.29, 0.717) is 11.1 Å². The Balaban J connectivity index is 1.87. The predicted octanol–water partition coefficient (Wildman–Crippen LogP) is 3.11. The van der Waals surface area contributed by atoms with Crippen molar-refractivity contribution in [2.75, 3.05) is 18.0 Å². The van der Waals surface area contributed by atoms with E-state index in [-0.39, 0.29) is 17.9 Å². The van der Waals surface area contributed by atoms with Crippen LogP contribution in [0.15, 0.2) is 18.3 Å². The summed E-state index contributed by atoms with van der Waals surface area (Å²) in [7, 11) is 0. The Morgan fingerprint density at radius 1 is 1.38 bits per heavy atom. The second-order valence-corrected chi connectivity index (χ2v) is 6.53. The van der Waals surface area contributed by atoms with Crippen LogP contribution in [0.4, 0.5) is 5.69 Å². The zero-order valence-corrected chi connectivity index (χ0v) is 13.7. The highest BCUT2D eigenvalue weighted by Crippen LogP contribution is 2.24. The largest absolute Gasteiger partial charge is 0.371 e. The van der Waals surface area contributed by atoms with E-state index in [9.17, 15) is 4.79 Å². The van der Waals surface area contributed by atoms with Gasteiger partial charge in [0.1, 0.15) is 5.15 Å². The lowest BCUT2D eigenvalue weighted by molar-refractivity contribution is -0.126. The Labute approximate surface area is 131 Å². The molecule has 4 nitrogen and oxygen atoms in total. The maximum Gasteiger partial charge on any atom is 0.223 e. The van der Waals surface area contributed by atoms with Gasteiger partial charge in [0.25, 0.3) is 0 Å². The Hall–Kier alpha value is -1.29. The molecule has 0 radical (unpaired) electrons. The number of carbonyl (C=O) groups excluding carboxylic acids is 1. The van der Waals surface area contributed by atoms with Gasteiger partial charge in [0, 0.05) is 36.9 Å². The Morgan fingerprint density at radius 3 is 2.62 bits per heavy atom. The van der Waals surface area contributed by atoms with Crippen molar-refractivity contribution in [2.24, 2.45) is 11.8 Å². The molecule has 1 saturated heterocycles. The molecule has 0 aromatic carbocycles. The first-order valence-corrected chi connectivity index (χ1v) is 8.02. The number of aromatic nitrogens is 1. The highest BCUT2D eigenvalue weighted by Gasteiger charge is 2.26. The quantitative estimate of drug-likeness (QED) is 0.869. The second-order valence-electron chi connectivity index (χ2n) is 6.14. The molecule has 1 aliphatic rings. The number of hydrogen-bond donors (Lipinski definition) is 1. The topological polar surface area (TPSA) is 45.2 Å². The summed E-state index contributed by atoms with van der Waals surface area (Å²) in [4.78, 5) is 18.5. The second kappa shape index (κ2) is 7.12. The number of piperidine rings is 1. The smallest absolute Gasteiger partial charge is 0.223 e. The van der Waals surface area contributed by atoms with Crippen LogP contribution in [0.25, 0.3) is 0 Å². The number of anilines is 1. The molecule has 1 fully saturated rings. The summed E-state index contributed by atoms with van der Waals surface area (Å²) in [6.07, 6.45) is 3.49. The summed E-state index contributed by atoms with van der Waals surface area (Å²) in [6.45, 7) is 8.08. The van der Waals surface area contributed by atoms with Crippen LogP contribution in [0.2, 0.25) is 5.15 Å². The normalized spacial score (nSPS) is 17.9. The Morgan fingerprint density at radius 2 is 2.05 bits per heavy atom. The molecular formula is C16H24ClN3O. The number of pyridine rings is 1. The Kier molecular flexibility index (Phi) is 5.45. The minimum Gasteiger partial charge on any atom is -0.371 e. The molecule has 2 rings (SSSR count). The van der Waals surface area contributed by atoms with E-state index in [0.717, 1.165) is 31.6 Å². The van der Waals surface area contributed by atoms with Gasteiger partial charge in [0.15, 0.2) is 0 Å². The first-order valence-electron chi connectivity index (χ1n) is 7.64. The lowest BCUT2D eigenvalue weighted by atomic mass is 9.94. The number of rotatable bonds is 4. The van der Waals surface area contributed by atoms with Crippen molar-refractivity contribution in [1.29, 1.82) is 0 Å². The molecule has 116 valence electrons. The molecule has 2 heterocycles. The molecule has 1 aromatic rings. The zero-order valence-electron chi connectivity index (χ0n) is 13.0. The van der Waals surface area contributed by atoms with Crippen molar-refractivity contribution < 1.29 is 4.79 Å². The van der Waals surface area contributed by atoms with Crippen molar-refractivity contribution in [3.63, 3.8) is 0 Å². The minimum absolute atomic E-state index is 0.125. The monoisotopic (exact) mass is 309 g/mol. The SMILES string of the molecule is CC(C)C(C)NC(=O)C1CCN(c2ccnc(Cl)c2)CC1. The lowest BCUT2D eigenvalue weighted by Gasteiger charge is -2.33. The zero-order chi connectivity index (χ0) is 15.4. The van der Waals surface area contributed by atoms with Gasteiger partial charge in [-0.2, -0.15) is 0 Å². The van der Waals surface area contributed by atoms with E-state index in [4.69, 9.17) is 11.6 Å². The van der Waals surface area contributed by atoms with Crippen molar-refractivity contribution in [3.8, 4) is 0 Å². The van der Waals surface area contributed by atoms with E-state index in [1.165, 1.54) is 0 Å². The van der Waals surface area contributed by atoms with E-state index in [1.54, 1.807) is 6.20 Å². The van der Waals surface area contributed by atoms with E-state index < -0.39 is 0 Å². The molecule has 1 aromatic heterocycles. The van der Waals surface area contributed by atoms with Gasteiger partial charge in [0.2, 0.25) is 5.91 Å². The van der Waals surface area contributed by atoms with Gasteiger partial charge in [0.05, 0.1) is 0 Å². The summed E-state index contributed by atoms with van der Waals surface area (Å²) in [5.74, 6) is 0.788. The van der Waals surface area contributed by atoms with Gasteiger partial charge in [-0.25, -0.2) is 4.98 Å². The fraction of sp³-hybridized carbons (Fsp3) is 0.625. The maximum atomic E-state index is 12.2. The number of nitrogens with zero attached hydrogens (tertiary/aromatic N) is 2. The van der Waals surface area contributed by atoms with Gasteiger partial charge < -0.3 is 10.2 Å². The van der Waals surface area contributed by atoms with Crippen LogP contribution in [0.1, 0.15) is 33.6 Å². The van der Waals surface area contributed by atoms with Crippen LogP contribution in [-0.4, -0.2) is 30.0 Å². The minimum atomic E-state index is 0.125. The van der Waals surface area contributed by atoms with Crippen LogP contribution in [0, 0.1) is 11.8 Å². The van der Waals surface area contributed by atoms with Crippen LogP contribution >= 0.6 is 11.6 Å². The molecule has 0 saturated carbocycles. The standard InChI is InChI=1S/C16H24ClN3O/c1-11(2)12(3)19-16(21)13-5-8-20(9-6-13)14-4-7-18-15(17)10-14/h4,7,10-13H,5-6,8-9H2,1-3H3,(H,19,21). The number of halogens is 1. The average Bonchev–Trinajstić information content (AvgIpc) is 2.47. The number of hydrogen-bond acceptors (Lipinski definition) is 3. The van der Waals surface area contributed by atoms with Crippen LogP contribution in [0.3, 0.4) is 0 Å². The van der Waals surface area contributed by atoms with Crippen molar-refractivity contribution >= 4 is 23.2 Å². The molecule has 1 aliphatic heterocycles. The van der Waals surface area contributed by atoms with Crippen LogP contribution in [0.5, 0.6) is 0 Å². The summed E-state index contributed by atoms with van der Waals surface area (Å²) in [5.41, 5.74) is 1.09. The van der Waals surface area contributed by atoms with Gasteiger partial charge >= 0.3 is 0 Å². The fourth-order valence-corrected chi connectivity index (χ4v) is 2.67. The third-order valence-corrected chi connectivity index (χ3v) is 4.52. The molecule has 21 heavy (non-hydrogen) atoms. The average molecular weight is 310 g/mol. The number of amides is 1. The van der Waals surface area contributed by atoms with Crippen molar-refractivity contribution in [3.05, 3.63) is 23.5 Å². The first kappa shape index (κ1) is 16.1. The molecule has 1 amide bonds. The summed E-state index contributed by atoms with van der Waals surface area (Å²) >= 11 is 5.93. The van der Waals surface area contributed by atoms with Gasteiger partial charge in [-0.3, -0.25) is 4.79 Å². The maximum absolute atomic E-state index is 12.2. The number of carbonyl (C=O) groups is 1. The van der Waals surface area contributed by atoms with Crippen molar-refractivity contribution in [2.45, 2.75) is 39.7 Å². The van der Waals surface area contributed by atoms with E-state index in [2.05, 4.69) is 36.0 Å². The van der Waals surface area contributed by atoms with Crippen LogP contribution < -0.4 is 10.2 Å². The Bertz CT molecular complexity index is 484. The molecule has 0 spiro atoms. The van der Waals surface area contributed by atoms with Gasteiger partial charge in [-0.15, -0.1) is 0 Å². The van der Waals surface area contributed by atoms with Crippen molar-refractivity contribution in [1.82, 2.24) is 10.3 Å². The third-order valence-electron chi connectivity index (χ3n) is 4.31. The summed E-state index contributed by atoms with van der Waals surface area (Å²) in [5, 5.41) is 3.64. The molecule has 1 N–H and O–H groups in total. The number of nitrogens with one attached hydrogen (secondary N) is 1. The molecule has 0 aliphatic carbocycles. The molecule has 5 heteroatoms. The predicted molar refractivity (Wildman–Crippen MR) is 86.6 cm³/mol. The van der Waals surface area contributed by atoms with Gasteiger partial charge in [-0.1, -0.05) is 25.4 Å². The summed E-state index contributed by atoms with van der Waals surface area (Å²) in [6, 6.07) is 4.07. The molecule has 1 atom stereocenters. The van der Waals surface area contributed by atoms with Crippen LogP contribution in [-0.2, 0) is 4.79 Å². The van der Waals surface area contributed by atoms with E-state index >= 15 is 0 Å². The lowest BCUT2D eigenvalue weighted by Crippen LogP contribution is -2.44. The highest BCUT2D eigenvalue weighted by molar-refractivity contribution is 6.29. The molecule has 0 bridgehead atoms. The van der Waals surface area contributed by atoms with E-state index in [1.807, 2.05) is 12.1 Å². The molecular weight excluding hydrogens is 286 g/mol.